The van der Waals surface area contributed by atoms with Crippen molar-refractivity contribution in [1.29, 1.82) is 0 Å². The van der Waals surface area contributed by atoms with Crippen LogP contribution < -0.4 is 10.0 Å². The number of rotatable bonds is 5. The molecule has 1 atom stereocenters. The average molecular weight is 394 g/mol. The molecule has 0 aromatic heterocycles. The van der Waals surface area contributed by atoms with E-state index in [0.717, 1.165) is 30.3 Å². The van der Waals surface area contributed by atoms with E-state index in [-0.39, 0.29) is 23.0 Å². The molecule has 25 heavy (non-hydrogen) atoms. The highest BCUT2D eigenvalue weighted by molar-refractivity contribution is 7.95. The first-order valence-corrected chi connectivity index (χ1v) is 9.77. The van der Waals surface area contributed by atoms with Gasteiger partial charge in [-0.2, -0.15) is 13.2 Å². The number of benzene rings is 2. The Hall–Kier alpha value is -2.05. The lowest BCUT2D eigenvalue weighted by Crippen LogP contribution is -2.10. The Balaban J connectivity index is 2.36. The molecule has 0 heterocycles. The van der Waals surface area contributed by atoms with Crippen molar-refractivity contribution >= 4 is 28.7 Å². The minimum Gasteiger partial charge on any atom is -0.457 e. The van der Waals surface area contributed by atoms with Crippen LogP contribution in [0, 0.1) is 10.1 Å². The Labute approximate surface area is 145 Å². The molecule has 0 saturated carbocycles. The fourth-order valence-corrected chi connectivity index (χ4v) is 3.57. The molecule has 134 valence electrons. The number of halogens is 4. The number of nitrogens with zero attached hydrogens (tertiary/aromatic N) is 1. The fraction of sp³-hybridized carbons (Fsp3) is 0.200. The molecule has 0 spiro atoms. The normalized spacial score (nSPS) is 14.0. The molecule has 0 saturated heterocycles. The summed E-state index contributed by atoms with van der Waals surface area (Å²) in [5, 5.41) is 10.9. The molecule has 0 aliphatic heterocycles. The second-order valence-electron chi connectivity index (χ2n) is 5.00. The maximum Gasteiger partial charge on any atom is 0.416 e. The number of hydrogen-bond acceptors (Lipinski definition) is 4. The summed E-state index contributed by atoms with van der Waals surface area (Å²) >= 11 is 5.91. The first kappa shape index (κ1) is 19.3. The second-order valence-corrected chi connectivity index (χ2v) is 9.06. The molecular formula is C15H12ClF3NO4P. The van der Waals surface area contributed by atoms with Crippen molar-refractivity contribution in [2.75, 3.05) is 6.16 Å². The van der Waals surface area contributed by atoms with Crippen LogP contribution >= 0.6 is 17.7 Å². The fourth-order valence-electron chi connectivity index (χ4n) is 2.01. The van der Waals surface area contributed by atoms with Crippen LogP contribution in [-0.2, 0) is 10.7 Å². The first-order chi connectivity index (χ1) is 11.5. The average Bonchev–Trinajstić information content (AvgIpc) is 2.54. The van der Waals surface area contributed by atoms with Gasteiger partial charge in [0.15, 0.2) is 0 Å². The third kappa shape index (κ3) is 4.52. The smallest absolute Gasteiger partial charge is 0.416 e. The van der Waals surface area contributed by atoms with E-state index in [1.165, 1.54) is 19.1 Å². The standard InChI is InChI=1S/C15H12ClF3NO4P/c1-2-25(16,23)14-9-12(7-8-13(14)20(21)22)24-11-5-3-10(4-6-11)15(17,18)19/h3-9H,2H2,1H3. The van der Waals surface area contributed by atoms with E-state index in [2.05, 4.69) is 0 Å². The minimum atomic E-state index is -4.47. The summed E-state index contributed by atoms with van der Waals surface area (Å²) in [6.45, 7) is -1.95. The monoisotopic (exact) mass is 393 g/mol. The summed E-state index contributed by atoms with van der Waals surface area (Å²) in [4.78, 5) is 10.4. The van der Waals surface area contributed by atoms with Crippen LogP contribution in [0.25, 0.3) is 0 Å². The summed E-state index contributed by atoms with van der Waals surface area (Å²) in [6.07, 6.45) is -4.47. The van der Waals surface area contributed by atoms with Crippen LogP contribution in [0.15, 0.2) is 42.5 Å². The highest BCUT2D eigenvalue weighted by Gasteiger charge is 2.31. The lowest BCUT2D eigenvalue weighted by Gasteiger charge is -2.12. The molecule has 0 aliphatic carbocycles. The molecule has 1 unspecified atom stereocenters. The molecule has 2 rings (SSSR count). The van der Waals surface area contributed by atoms with E-state index in [0.29, 0.717) is 0 Å². The van der Waals surface area contributed by atoms with Crippen LogP contribution in [0.3, 0.4) is 0 Å². The molecule has 2 aromatic carbocycles. The highest BCUT2D eigenvalue weighted by Crippen LogP contribution is 2.52. The molecule has 0 radical (unpaired) electrons. The number of alkyl halides is 3. The van der Waals surface area contributed by atoms with E-state index >= 15 is 0 Å². The number of nitro groups is 1. The lowest BCUT2D eigenvalue weighted by atomic mass is 10.2. The maximum absolute atomic E-state index is 12.5. The van der Waals surface area contributed by atoms with Crippen molar-refractivity contribution in [3.8, 4) is 11.5 Å². The van der Waals surface area contributed by atoms with Gasteiger partial charge in [0.2, 0.25) is 6.49 Å². The maximum atomic E-state index is 12.5. The molecule has 0 fully saturated rings. The predicted octanol–water partition coefficient (Wildman–Crippen LogP) is 5.57. The van der Waals surface area contributed by atoms with Crippen molar-refractivity contribution in [3.05, 3.63) is 58.1 Å². The van der Waals surface area contributed by atoms with Crippen molar-refractivity contribution in [2.24, 2.45) is 0 Å². The summed E-state index contributed by atoms with van der Waals surface area (Å²) in [7, 11) is 0. The van der Waals surface area contributed by atoms with Crippen molar-refractivity contribution in [1.82, 2.24) is 0 Å². The summed E-state index contributed by atoms with van der Waals surface area (Å²) < 4.78 is 55.4. The first-order valence-electron chi connectivity index (χ1n) is 6.97. The van der Waals surface area contributed by atoms with Crippen LogP contribution in [0.2, 0.25) is 0 Å². The van der Waals surface area contributed by atoms with Crippen LogP contribution in [-0.4, -0.2) is 11.1 Å². The van der Waals surface area contributed by atoms with Gasteiger partial charge in [-0.3, -0.25) is 10.1 Å². The van der Waals surface area contributed by atoms with Gasteiger partial charge in [0.1, 0.15) is 16.8 Å². The van der Waals surface area contributed by atoms with Gasteiger partial charge in [0, 0.05) is 12.2 Å². The van der Waals surface area contributed by atoms with Gasteiger partial charge in [-0.05, 0) is 47.6 Å². The van der Waals surface area contributed by atoms with Gasteiger partial charge in [-0.15, -0.1) is 0 Å². The molecule has 0 N–H and O–H groups in total. The molecule has 10 heteroatoms. The third-order valence-corrected chi connectivity index (χ3v) is 6.48. The van der Waals surface area contributed by atoms with Gasteiger partial charge < -0.3 is 9.30 Å². The van der Waals surface area contributed by atoms with Crippen molar-refractivity contribution in [3.63, 3.8) is 0 Å². The molecule has 2 aromatic rings. The van der Waals surface area contributed by atoms with E-state index in [1.54, 1.807) is 0 Å². The lowest BCUT2D eigenvalue weighted by molar-refractivity contribution is -0.383. The summed E-state index contributed by atoms with van der Waals surface area (Å²) in [6, 6.07) is 7.45. The van der Waals surface area contributed by atoms with Crippen molar-refractivity contribution in [2.45, 2.75) is 13.1 Å². The van der Waals surface area contributed by atoms with Crippen molar-refractivity contribution < 1.29 is 27.4 Å². The zero-order valence-corrected chi connectivity index (χ0v) is 14.4. The Morgan fingerprint density at radius 2 is 1.72 bits per heavy atom. The topological polar surface area (TPSA) is 69.4 Å². The van der Waals surface area contributed by atoms with Gasteiger partial charge >= 0.3 is 6.18 Å². The molecule has 0 aliphatic rings. The van der Waals surface area contributed by atoms with E-state index < -0.39 is 28.8 Å². The van der Waals surface area contributed by atoms with Gasteiger partial charge in [-0.1, -0.05) is 6.92 Å². The van der Waals surface area contributed by atoms with E-state index in [9.17, 15) is 27.9 Å². The second kappa shape index (κ2) is 7.06. The Morgan fingerprint density at radius 3 is 2.20 bits per heavy atom. The molecule has 5 nitrogen and oxygen atoms in total. The Bertz CT molecular complexity index is 840. The van der Waals surface area contributed by atoms with Gasteiger partial charge in [-0.25, -0.2) is 0 Å². The van der Waals surface area contributed by atoms with Gasteiger partial charge in [0.05, 0.1) is 10.5 Å². The van der Waals surface area contributed by atoms with Crippen LogP contribution in [0.1, 0.15) is 12.5 Å². The predicted molar refractivity (Wildman–Crippen MR) is 88.2 cm³/mol. The van der Waals surface area contributed by atoms with Crippen LogP contribution in [0.4, 0.5) is 18.9 Å². The molecular weight excluding hydrogens is 382 g/mol. The zero-order chi connectivity index (χ0) is 18.8. The minimum absolute atomic E-state index is 0.000865. The van der Waals surface area contributed by atoms with Gasteiger partial charge in [0.25, 0.3) is 5.69 Å². The number of ether oxygens (including phenoxy) is 1. The third-order valence-electron chi connectivity index (χ3n) is 3.33. The SMILES string of the molecule is CCP(=O)(Cl)c1cc(Oc2ccc(C(F)(F)F)cc2)ccc1[N+](=O)[O-]. The summed E-state index contributed by atoms with van der Waals surface area (Å²) in [5.74, 6) is 0.170. The largest absolute Gasteiger partial charge is 0.457 e. The molecule has 0 amide bonds. The Kier molecular flexibility index (Phi) is 5.44. The summed E-state index contributed by atoms with van der Waals surface area (Å²) in [5.41, 5.74) is -1.24. The molecule has 0 bridgehead atoms. The quantitative estimate of drug-likeness (QED) is 0.378. The van der Waals surface area contributed by atoms with E-state index in [1.807, 2.05) is 0 Å². The number of nitro benzene ring substituents is 1. The van der Waals surface area contributed by atoms with Crippen LogP contribution in [0.5, 0.6) is 11.5 Å². The van der Waals surface area contributed by atoms with E-state index in [4.69, 9.17) is 16.0 Å². The zero-order valence-electron chi connectivity index (χ0n) is 12.8. The Morgan fingerprint density at radius 1 is 1.16 bits per heavy atom. The number of hydrogen-bond donors (Lipinski definition) is 0. The highest BCUT2D eigenvalue weighted by atomic mass is 35.7.